The molecule has 4 atom stereocenters. The molecule has 5 nitrogen and oxygen atoms in total. The van der Waals surface area contributed by atoms with Crippen molar-refractivity contribution in [1.29, 1.82) is 0 Å². The van der Waals surface area contributed by atoms with E-state index in [0.29, 0.717) is 5.75 Å². The summed E-state index contributed by atoms with van der Waals surface area (Å²) in [6.45, 7) is 21.0. The van der Waals surface area contributed by atoms with Crippen molar-refractivity contribution < 1.29 is 23.2 Å². The van der Waals surface area contributed by atoms with E-state index in [0.717, 1.165) is 65.0 Å². The molecule has 1 aromatic carbocycles. The Balaban J connectivity index is 1.90. The number of hydrogen-bond donors (Lipinski definition) is 1. The van der Waals surface area contributed by atoms with Gasteiger partial charge in [-0.2, -0.15) is 0 Å². The Bertz CT molecular complexity index is 941. The highest BCUT2D eigenvalue weighted by Crippen LogP contribution is 2.51. The van der Waals surface area contributed by atoms with Gasteiger partial charge in [0.15, 0.2) is 0 Å². The molecule has 1 aliphatic rings. The average molecular weight is 553 g/mol. The van der Waals surface area contributed by atoms with Gasteiger partial charge in [-0.3, -0.25) is 9.42 Å². The third-order valence-corrected chi connectivity index (χ3v) is 9.49. The number of ether oxygens (including phenoxy) is 1. The summed E-state index contributed by atoms with van der Waals surface area (Å²) in [5, 5.41) is 0. The summed E-state index contributed by atoms with van der Waals surface area (Å²) in [6.07, 6.45) is 13.0. The summed E-state index contributed by atoms with van der Waals surface area (Å²) in [7, 11) is -4.19. The van der Waals surface area contributed by atoms with E-state index >= 15 is 0 Å². The van der Waals surface area contributed by atoms with Crippen molar-refractivity contribution in [3.8, 4) is 11.5 Å². The molecule has 1 aliphatic heterocycles. The van der Waals surface area contributed by atoms with E-state index in [1.54, 1.807) is 13.8 Å². The SMILES string of the molecule is Cc1c(C)c2c(c(C)c1OP(=O)(O)OC(C)C)CCC(C)(CCC[C@H](C)CCC[C@H](C)CCCC(C)C)O2. The maximum absolute atomic E-state index is 12.5. The minimum atomic E-state index is -4.19. The Morgan fingerprint density at radius 1 is 0.868 bits per heavy atom. The molecule has 0 aromatic heterocycles. The van der Waals surface area contributed by atoms with Crippen LogP contribution in [0.5, 0.6) is 11.5 Å². The summed E-state index contributed by atoms with van der Waals surface area (Å²) >= 11 is 0. The van der Waals surface area contributed by atoms with Crippen LogP contribution in [0, 0.1) is 38.5 Å². The summed E-state index contributed by atoms with van der Waals surface area (Å²) in [5.41, 5.74) is 3.59. The molecule has 1 aromatic rings. The first-order valence-corrected chi connectivity index (χ1v) is 16.7. The quantitative estimate of drug-likeness (QED) is 0.207. The van der Waals surface area contributed by atoms with E-state index in [9.17, 15) is 9.46 Å². The zero-order valence-corrected chi connectivity index (χ0v) is 27.0. The summed E-state index contributed by atoms with van der Waals surface area (Å²) in [4.78, 5) is 10.2. The topological polar surface area (TPSA) is 65.0 Å². The van der Waals surface area contributed by atoms with Gasteiger partial charge in [0.05, 0.1) is 6.10 Å². The van der Waals surface area contributed by atoms with Crippen LogP contribution in [-0.2, 0) is 15.5 Å². The molecule has 0 saturated heterocycles. The van der Waals surface area contributed by atoms with E-state index < -0.39 is 13.9 Å². The van der Waals surface area contributed by atoms with Crippen LogP contribution >= 0.6 is 7.82 Å². The van der Waals surface area contributed by atoms with E-state index in [2.05, 4.69) is 34.6 Å². The van der Waals surface area contributed by atoms with Crippen LogP contribution in [0.2, 0.25) is 0 Å². The molecule has 0 bridgehead atoms. The van der Waals surface area contributed by atoms with Crippen molar-refractivity contribution in [1.82, 2.24) is 0 Å². The number of rotatable bonds is 16. The van der Waals surface area contributed by atoms with Crippen molar-refractivity contribution >= 4 is 7.82 Å². The molecular weight excluding hydrogens is 495 g/mol. The molecule has 2 rings (SSSR count). The van der Waals surface area contributed by atoms with Crippen molar-refractivity contribution in [2.24, 2.45) is 17.8 Å². The Kier molecular flexibility index (Phi) is 12.7. The minimum absolute atomic E-state index is 0.184. The molecule has 0 fully saturated rings. The molecule has 1 N–H and O–H groups in total. The second-order valence-corrected chi connectivity index (χ2v) is 14.5. The standard InChI is InChI=1S/C32H57O5P/c1-22(2)14-11-15-24(5)16-12-17-25(6)18-13-20-32(10)21-19-29-28(9)30(26(7)27(8)31(29)35-32)37-38(33,34)36-23(3)4/h22-25H,11-21H2,1-10H3,(H,33,34)/t24-,25-,32?/m1/s1. The van der Waals surface area contributed by atoms with Crippen LogP contribution in [0.4, 0.5) is 0 Å². The number of phosphoric ester groups is 1. The lowest BCUT2D eigenvalue weighted by atomic mass is 9.84. The zero-order valence-electron chi connectivity index (χ0n) is 26.1. The molecule has 0 spiro atoms. The predicted octanol–water partition coefficient (Wildman–Crippen LogP) is 10.0. The number of fused-ring (bicyclic) bond motifs is 1. The third-order valence-electron chi connectivity index (χ3n) is 8.39. The maximum Gasteiger partial charge on any atom is 0.527 e. The molecular formula is C32H57O5P. The molecule has 1 heterocycles. The Labute approximate surface area is 234 Å². The highest BCUT2D eigenvalue weighted by Gasteiger charge is 2.36. The summed E-state index contributed by atoms with van der Waals surface area (Å²) in [5.74, 6) is 3.81. The van der Waals surface area contributed by atoms with Gasteiger partial charge in [-0.05, 0) is 102 Å². The van der Waals surface area contributed by atoms with E-state index in [4.69, 9.17) is 13.8 Å². The van der Waals surface area contributed by atoms with Gasteiger partial charge in [-0.15, -0.1) is 0 Å². The van der Waals surface area contributed by atoms with Crippen LogP contribution in [0.1, 0.15) is 135 Å². The second-order valence-electron chi connectivity index (χ2n) is 13.1. The summed E-state index contributed by atoms with van der Waals surface area (Å²) in [6, 6.07) is 0. The lowest BCUT2D eigenvalue weighted by Crippen LogP contribution is -2.37. The van der Waals surface area contributed by atoms with Gasteiger partial charge in [-0.1, -0.05) is 72.6 Å². The van der Waals surface area contributed by atoms with Gasteiger partial charge in [0.25, 0.3) is 0 Å². The number of phosphoric acid groups is 1. The normalized spacial score (nSPS) is 20.7. The van der Waals surface area contributed by atoms with Crippen LogP contribution < -0.4 is 9.26 Å². The molecule has 0 aliphatic carbocycles. The first-order chi connectivity index (χ1) is 17.6. The van der Waals surface area contributed by atoms with Crippen molar-refractivity contribution in [3.63, 3.8) is 0 Å². The first-order valence-electron chi connectivity index (χ1n) is 15.2. The van der Waals surface area contributed by atoms with Gasteiger partial charge in [0, 0.05) is 5.56 Å². The van der Waals surface area contributed by atoms with E-state index in [-0.39, 0.29) is 5.60 Å². The molecule has 38 heavy (non-hydrogen) atoms. The van der Waals surface area contributed by atoms with Gasteiger partial charge >= 0.3 is 7.82 Å². The van der Waals surface area contributed by atoms with Gasteiger partial charge in [-0.25, -0.2) is 4.57 Å². The molecule has 2 unspecified atom stereocenters. The first kappa shape index (κ1) is 33.2. The van der Waals surface area contributed by atoms with Crippen LogP contribution in [0.25, 0.3) is 0 Å². The Morgan fingerprint density at radius 3 is 1.97 bits per heavy atom. The molecule has 0 saturated carbocycles. The smallest absolute Gasteiger partial charge is 0.487 e. The Hall–Kier alpha value is -1.03. The molecule has 0 radical (unpaired) electrons. The van der Waals surface area contributed by atoms with Crippen LogP contribution in [0.15, 0.2) is 0 Å². The fourth-order valence-corrected chi connectivity index (χ4v) is 6.88. The summed E-state index contributed by atoms with van der Waals surface area (Å²) < 4.78 is 29.9. The van der Waals surface area contributed by atoms with Gasteiger partial charge in [0.1, 0.15) is 17.1 Å². The average Bonchev–Trinajstić information content (AvgIpc) is 2.79. The van der Waals surface area contributed by atoms with Gasteiger partial charge in [0.2, 0.25) is 0 Å². The fourth-order valence-electron chi connectivity index (χ4n) is 5.80. The molecule has 0 amide bonds. The highest BCUT2D eigenvalue weighted by atomic mass is 31.2. The predicted molar refractivity (Wildman–Crippen MR) is 159 cm³/mol. The maximum atomic E-state index is 12.5. The van der Waals surface area contributed by atoms with E-state index in [1.807, 2.05) is 20.8 Å². The monoisotopic (exact) mass is 552 g/mol. The second kappa shape index (κ2) is 14.6. The third kappa shape index (κ3) is 10.2. The number of benzene rings is 1. The van der Waals surface area contributed by atoms with Crippen molar-refractivity contribution in [2.45, 2.75) is 152 Å². The Morgan fingerprint density at radius 2 is 1.42 bits per heavy atom. The fraction of sp³-hybridized carbons (Fsp3) is 0.812. The highest BCUT2D eigenvalue weighted by molar-refractivity contribution is 7.47. The largest absolute Gasteiger partial charge is 0.527 e. The van der Waals surface area contributed by atoms with E-state index in [1.165, 1.54) is 51.4 Å². The molecule has 220 valence electrons. The van der Waals surface area contributed by atoms with Gasteiger partial charge < -0.3 is 9.26 Å². The van der Waals surface area contributed by atoms with Crippen LogP contribution in [-0.4, -0.2) is 16.6 Å². The van der Waals surface area contributed by atoms with Crippen molar-refractivity contribution in [3.05, 3.63) is 22.3 Å². The molecule has 6 heteroatoms. The minimum Gasteiger partial charge on any atom is -0.487 e. The van der Waals surface area contributed by atoms with Crippen molar-refractivity contribution in [2.75, 3.05) is 0 Å². The zero-order chi connectivity index (χ0) is 28.7. The lowest BCUT2D eigenvalue weighted by Gasteiger charge is -2.38. The number of hydrogen-bond acceptors (Lipinski definition) is 4. The lowest BCUT2D eigenvalue weighted by molar-refractivity contribution is 0.0511. The van der Waals surface area contributed by atoms with Crippen LogP contribution in [0.3, 0.4) is 0 Å².